The van der Waals surface area contributed by atoms with Gasteiger partial charge in [0.05, 0.1) is 23.9 Å². The Bertz CT molecular complexity index is 544. The van der Waals surface area contributed by atoms with Gasteiger partial charge in [-0.15, -0.1) is 0 Å². The minimum absolute atomic E-state index is 0.00753. The fourth-order valence-electron chi connectivity index (χ4n) is 1.78. The van der Waals surface area contributed by atoms with Crippen LogP contribution in [-0.2, 0) is 9.84 Å². The van der Waals surface area contributed by atoms with Gasteiger partial charge < -0.3 is 10.4 Å². The number of aromatic carboxylic acids is 1. The monoisotopic (exact) mass is 271 g/mol. The van der Waals surface area contributed by atoms with Crippen molar-refractivity contribution in [3.63, 3.8) is 0 Å². The Kier molecular flexibility index (Phi) is 3.46. The van der Waals surface area contributed by atoms with Gasteiger partial charge in [-0.05, 0) is 12.8 Å². The molecular formula is C10H13N3O4S. The molecular weight excluding hydrogens is 258 g/mol. The Morgan fingerprint density at radius 2 is 2.00 bits per heavy atom. The average Bonchev–Trinajstić information content (AvgIpc) is 2.32. The molecule has 1 aliphatic rings. The molecule has 0 aliphatic carbocycles. The topological polar surface area (TPSA) is 109 Å². The van der Waals surface area contributed by atoms with E-state index in [1.54, 1.807) is 0 Å². The van der Waals surface area contributed by atoms with E-state index in [0.717, 1.165) is 0 Å². The van der Waals surface area contributed by atoms with Gasteiger partial charge >= 0.3 is 5.97 Å². The van der Waals surface area contributed by atoms with Crippen molar-refractivity contribution < 1.29 is 18.3 Å². The number of hydrogen-bond acceptors (Lipinski definition) is 6. The standard InChI is InChI=1S/C10H13N3O4S/c14-10(15)8-5-11-6-9(13-8)12-7-1-3-18(16,17)4-2-7/h5-7H,1-4H2,(H,12,13)(H,14,15). The van der Waals surface area contributed by atoms with Crippen LogP contribution in [-0.4, -0.2) is 47.0 Å². The molecule has 0 saturated carbocycles. The number of carbonyl (C=O) groups is 1. The van der Waals surface area contributed by atoms with Gasteiger partial charge in [0, 0.05) is 6.04 Å². The summed E-state index contributed by atoms with van der Waals surface area (Å²) in [5.74, 6) is -0.482. The van der Waals surface area contributed by atoms with E-state index in [-0.39, 0.29) is 23.2 Å². The number of sulfone groups is 1. The maximum atomic E-state index is 11.3. The minimum atomic E-state index is -2.90. The van der Waals surface area contributed by atoms with Gasteiger partial charge in [-0.3, -0.25) is 4.98 Å². The van der Waals surface area contributed by atoms with Gasteiger partial charge in [0.25, 0.3) is 0 Å². The van der Waals surface area contributed by atoms with Crippen LogP contribution in [0.15, 0.2) is 12.4 Å². The summed E-state index contributed by atoms with van der Waals surface area (Å²) in [6.45, 7) is 0. The second-order valence-corrected chi connectivity index (χ2v) is 6.47. The molecule has 1 saturated heterocycles. The summed E-state index contributed by atoms with van der Waals surface area (Å²) in [6.07, 6.45) is 3.59. The molecule has 0 amide bonds. The molecule has 2 heterocycles. The number of aromatic nitrogens is 2. The molecule has 2 N–H and O–H groups in total. The second kappa shape index (κ2) is 4.89. The lowest BCUT2D eigenvalue weighted by Crippen LogP contribution is -2.32. The van der Waals surface area contributed by atoms with E-state index < -0.39 is 15.8 Å². The quantitative estimate of drug-likeness (QED) is 0.806. The molecule has 18 heavy (non-hydrogen) atoms. The van der Waals surface area contributed by atoms with Crippen molar-refractivity contribution in [2.24, 2.45) is 0 Å². The molecule has 0 bridgehead atoms. The highest BCUT2D eigenvalue weighted by Crippen LogP contribution is 2.16. The van der Waals surface area contributed by atoms with Crippen molar-refractivity contribution in [3.8, 4) is 0 Å². The molecule has 2 rings (SSSR count). The van der Waals surface area contributed by atoms with Crippen molar-refractivity contribution in [2.45, 2.75) is 18.9 Å². The summed E-state index contributed by atoms with van der Waals surface area (Å²) >= 11 is 0. The number of carboxylic acids is 1. The SMILES string of the molecule is O=C(O)c1cncc(NC2CCS(=O)(=O)CC2)n1. The van der Waals surface area contributed by atoms with Gasteiger partial charge in [0.15, 0.2) is 5.69 Å². The molecule has 1 aromatic rings. The van der Waals surface area contributed by atoms with Crippen LogP contribution in [0.5, 0.6) is 0 Å². The molecule has 0 spiro atoms. The van der Waals surface area contributed by atoms with Crippen molar-refractivity contribution in [1.29, 1.82) is 0 Å². The number of carboxylic acid groups (broad SMARTS) is 1. The summed E-state index contributed by atoms with van der Waals surface area (Å²) in [4.78, 5) is 18.4. The van der Waals surface area contributed by atoms with Gasteiger partial charge in [0.1, 0.15) is 15.7 Å². The molecule has 1 fully saturated rings. The largest absolute Gasteiger partial charge is 0.476 e. The maximum Gasteiger partial charge on any atom is 0.356 e. The van der Waals surface area contributed by atoms with Crippen LogP contribution in [0, 0.1) is 0 Å². The van der Waals surface area contributed by atoms with Crippen LogP contribution in [0.3, 0.4) is 0 Å². The van der Waals surface area contributed by atoms with Crippen molar-refractivity contribution in [3.05, 3.63) is 18.1 Å². The molecule has 1 aliphatic heterocycles. The molecule has 98 valence electrons. The first-order valence-corrected chi connectivity index (χ1v) is 7.31. The predicted octanol–water partition coefficient (Wildman–Crippen LogP) is 0.164. The zero-order valence-electron chi connectivity index (χ0n) is 9.54. The fourth-order valence-corrected chi connectivity index (χ4v) is 3.27. The molecule has 1 aromatic heterocycles. The molecule has 0 aromatic carbocycles. The summed E-state index contributed by atoms with van der Waals surface area (Å²) in [6, 6.07) is -0.00753. The highest BCUT2D eigenvalue weighted by Gasteiger charge is 2.23. The van der Waals surface area contributed by atoms with Gasteiger partial charge in [0.2, 0.25) is 0 Å². The zero-order valence-corrected chi connectivity index (χ0v) is 10.4. The molecule has 0 radical (unpaired) electrons. The van der Waals surface area contributed by atoms with Crippen molar-refractivity contribution in [2.75, 3.05) is 16.8 Å². The minimum Gasteiger partial charge on any atom is -0.476 e. The van der Waals surface area contributed by atoms with Crippen LogP contribution in [0.2, 0.25) is 0 Å². The van der Waals surface area contributed by atoms with Crippen LogP contribution >= 0.6 is 0 Å². The van der Waals surface area contributed by atoms with Gasteiger partial charge in [-0.2, -0.15) is 0 Å². The van der Waals surface area contributed by atoms with E-state index in [4.69, 9.17) is 5.11 Å². The van der Waals surface area contributed by atoms with E-state index in [1.165, 1.54) is 12.4 Å². The van der Waals surface area contributed by atoms with E-state index in [2.05, 4.69) is 15.3 Å². The van der Waals surface area contributed by atoms with Crippen LogP contribution in [0.4, 0.5) is 5.82 Å². The second-order valence-electron chi connectivity index (χ2n) is 4.17. The fraction of sp³-hybridized carbons (Fsp3) is 0.500. The Balaban J connectivity index is 2.02. The maximum absolute atomic E-state index is 11.3. The predicted molar refractivity (Wildman–Crippen MR) is 64.3 cm³/mol. The van der Waals surface area contributed by atoms with E-state index in [1.807, 2.05) is 0 Å². The molecule has 0 unspecified atom stereocenters. The number of nitrogens with zero attached hydrogens (tertiary/aromatic N) is 2. The molecule has 7 nitrogen and oxygen atoms in total. The van der Waals surface area contributed by atoms with E-state index in [0.29, 0.717) is 18.7 Å². The van der Waals surface area contributed by atoms with Crippen molar-refractivity contribution in [1.82, 2.24) is 9.97 Å². The third-order valence-electron chi connectivity index (χ3n) is 2.76. The lowest BCUT2D eigenvalue weighted by molar-refractivity contribution is 0.0690. The number of rotatable bonds is 3. The summed E-state index contributed by atoms with van der Waals surface area (Å²) in [7, 11) is -2.90. The van der Waals surface area contributed by atoms with Crippen LogP contribution < -0.4 is 5.32 Å². The number of hydrogen-bond donors (Lipinski definition) is 2. The van der Waals surface area contributed by atoms with Crippen molar-refractivity contribution >= 4 is 21.6 Å². The lowest BCUT2D eigenvalue weighted by Gasteiger charge is -2.23. The smallest absolute Gasteiger partial charge is 0.356 e. The number of anilines is 1. The Labute approximate surface area is 104 Å². The van der Waals surface area contributed by atoms with Crippen LogP contribution in [0.25, 0.3) is 0 Å². The summed E-state index contributed by atoms with van der Waals surface area (Å²) < 4.78 is 22.5. The van der Waals surface area contributed by atoms with E-state index in [9.17, 15) is 13.2 Å². The summed E-state index contributed by atoms with van der Waals surface area (Å²) in [5, 5.41) is 11.8. The van der Waals surface area contributed by atoms with E-state index >= 15 is 0 Å². The molecule has 8 heteroatoms. The first-order valence-electron chi connectivity index (χ1n) is 5.48. The third-order valence-corrected chi connectivity index (χ3v) is 4.48. The summed E-state index contributed by atoms with van der Waals surface area (Å²) in [5.41, 5.74) is -0.136. The van der Waals surface area contributed by atoms with Gasteiger partial charge in [-0.1, -0.05) is 0 Å². The molecule has 0 atom stereocenters. The van der Waals surface area contributed by atoms with Crippen LogP contribution in [0.1, 0.15) is 23.3 Å². The number of nitrogens with one attached hydrogen (secondary N) is 1. The average molecular weight is 271 g/mol. The highest BCUT2D eigenvalue weighted by molar-refractivity contribution is 7.91. The highest BCUT2D eigenvalue weighted by atomic mass is 32.2. The Hall–Kier alpha value is -1.70. The first-order chi connectivity index (χ1) is 8.46. The van der Waals surface area contributed by atoms with Gasteiger partial charge in [-0.25, -0.2) is 18.2 Å². The Morgan fingerprint density at radius 1 is 1.33 bits per heavy atom. The Morgan fingerprint density at radius 3 is 2.61 bits per heavy atom. The normalized spacial score (nSPS) is 19.3. The first kappa shape index (κ1) is 12.7. The lowest BCUT2D eigenvalue weighted by atomic mass is 10.1. The zero-order chi connectivity index (χ0) is 13.2. The third kappa shape index (κ3) is 3.16.